The summed E-state index contributed by atoms with van der Waals surface area (Å²) in [5.41, 5.74) is 6.82. The van der Waals surface area contributed by atoms with E-state index < -0.39 is 11.5 Å². The van der Waals surface area contributed by atoms with Gasteiger partial charge in [-0.2, -0.15) is 0 Å². The molecule has 0 saturated heterocycles. The van der Waals surface area contributed by atoms with Crippen molar-refractivity contribution in [2.75, 3.05) is 7.11 Å². The Kier molecular flexibility index (Phi) is 4.69. The molecule has 1 aromatic rings. The number of rotatable bonds is 3. The molecule has 1 aromatic carbocycles. The van der Waals surface area contributed by atoms with E-state index in [1.54, 1.807) is 7.11 Å². The average molecular weight is 307 g/mol. The molecule has 124 valence electrons. The molecule has 22 heavy (non-hydrogen) atoms. The number of aliphatic carboxylic acids is 1. The maximum absolute atomic E-state index is 11.6. The Morgan fingerprint density at radius 3 is 1.77 bits per heavy atom. The number of methoxy groups -OCH3 is 1. The number of benzene rings is 1. The molecule has 0 aromatic heterocycles. The lowest BCUT2D eigenvalue weighted by molar-refractivity contribution is -0.143. The summed E-state index contributed by atoms with van der Waals surface area (Å²) in [6, 6.07) is 3.96. The Hall–Kier alpha value is -1.55. The SMILES string of the molecule is COc1c(C(C)(C)C)cc(C(C)(C)C)cc1C(C)(N)C(=O)O. The van der Waals surface area contributed by atoms with Crippen LogP contribution in [0.2, 0.25) is 0 Å². The van der Waals surface area contributed by atoms with Gasteiger partial charge in [0, 0.05) is 11.1 Å². The van der Waals surface area contributed by atoms with Crippen LogP contribution >= 0.6 is 0 Å². The highest BCUT2D eigenvalue weighted by Gasteiger charge is 2.37. The van der Waals surface area contributed by atoms with E-state index in [0.29, 0.717) is 11.3 Å². The molecular weight excluding hydrogens is 278 g/mol. The zero-order valence-electron chi connectivity index (χ0n) is 15.0. The highest BCUT2D eigenvalue weighted by molar-refractivity contribution is 5.81. The molecule has 3 N–H and O–H groups in total. The number of carbonyl (C=O) groups is 1. The molecule has 4 heteroatoms. The predicted octanol–water partition coefficient (Wildman–Crippen LogP) is 3.55. The fourth-order valence-corrected chi connectivity index (χ4v) is 2.34. The molecule has 0 fully saturated rings. The zero-order valence-corrected chi connectivity index (χ0v) is 15.0. The van der Waals surface area contributed by atoms with Gasteiger partial charge >= 0.3 is 5.97 Å². The normalized spacial score (nSPS) is 15.3. The van der Waals surface area contributed by atoms with Gasteiger partial charge in [0.2, 0.25) is 0 Å². The van der Waals surface area contributed by atoms with E-state index in [-0.39, 0.29) is 10.8 Å². The third-order valence-electron chi connectivity index (χ3n) is 3.97. The van der Waals surface area contributed by atoms with Gasteiger partial charge in [-0.3, -0.25) is 0 Å². The van der Waals surface area contributed by atoms with Crippen LogP contribution in [0.25, 0.3) is 0 Å². The molecule has 0 saturated carbocycles. The minimum Gasteiger partial charge on any atom is -0.496 e. The molecule has 1 atom stereocenters. The standard InChI is InChI=1S/C18H29NO3/c1-16(2,3)11-9-12(17(4,5)6)14(22-8)13(10-11)18(7,19)15(20)21/h9-10H,19H2,1-8H3,(H,20,21). The molecule has 0 amide bonds. The van der Waals surface area contributed by atoms with Crippen LogP contribution in [0.4, 0.5) is 0 Å². The summed E-state index contributed by atoms with van der Waals surface area (Å²) >= 11 is 0. The Morgan fingerprint density at radius 2 is 1.45 bits per heavy atom. The second-order valence-electron chi connectivity index (χ2n) is 8.11. The summed E-state index contributed by atoms with van der Waals surface area (Å²) in [6.45, 7) is 14.0. The van der Waals surface area contributed by atoms with Crippen LogP contribution in [0.5, 0.6) is 5.75 Å². The predicted molar refractivity (Wildman–Crippen MR) is 89.6 cm³/mol. The minimum atomic E-state index is -1.51. The number of carboxylic acid groups (broad SMARTS) is 1. The van der Waals surface area contributed by atoms with E-state index in [0.717, 1.165) is 11.1 Å². The summed E-state index contributed by atoms with van der Waals surface area (Å²) in [5.74, 6) is -0.510. The number of carboxylic acids is 1. The first-order chi connectivity index (χ1) is 9.72. The first-order valence-corrected chi connectivity index (χ1v) is 7.48. The van der Waals surface area contributed by atoms with Crippen LogP contribution in [0.15, 0.2) is 12.1 Å². The summed E-state index contributed by atoms with van der Waals surface area (Å²) in [6.07, 6.45) is 0. The first-order valence-electron chi connectivity index (χ1n) is 7.48. The van der Waals surface area contributed by atoms with Crippen molar-refractivity contribution in [2.45, 2.75) is 64.8 Å². The largest absolute Gasteiger partial charge is 0.496 e. The Bertz CT molecular complexity index is 575. The van der Waals surface area contributed by atoms with Crippen molar-refractivity contribution in [2.24, 2.45) is 5.73 Å². The smallest absolute Gasteiger partial charge is 0.328 e. The van der Waals surface area contributed by atoms with Crippen LogP contribution in [-0.4, -0.2) is 18.2 Å². The van der Waals surface area contributed by atoms with E-state index >= 15 is 0 Å². The van der Waals surface area contributed by atoms with Gasteiger partial charge in [-0.05, 0) is 29.4 Å². The van der Waals surface area contributed by atoms with Crippen LogP contribution < -0.4 is 10.5 Å². The number of hydrogen-bond donors (Lipinski definition) is 2. The molecule has 1 rings (SSSR count). The highest BCUT2D eigenvalue weighted by atomic mass is 16.5. The van der Waals surface area contributed by atoms with Crippen LogP contribution in [0, 0.1) is 0 Å². The molecule has 0 heterocycles. The number of nitrogens with two attached hydrogens (primary N) is 1. The van der Waals surface area contributed by atoms with Gasteiger partial charge in [0.15, 0.2) is 0 Å². The fraction of sp³-hybridized carbons (Fsp3) is 0.611. The quantitative estimate of drug-likeness (QED) is 0.895. The molecule has 0 bridgehead atoms. The third-order valence-corrected chi connectivity index (χ3v) is 3.97. The maximum Gasteiger partial charge on any atom is 0.328 e. The van der Waals surface area contributed by atoms with Gasteiger partial charge in [-0.1, -0.05) is 47.6 Å². The lowest BCUT2D eigenvalue weighted by Crippen LogP contribution is -2.42. The Balaban J connectivity index is 3.86. The molecule has 0 aliphatic carbocycles. The molecule has 0 aliphatic heterocycles. The summed E-state index contributed by atoms with van der Waals surface area (Å²) in [7, 11) is 1.56. The van der Waals surface area contributed by atoms with E-state index in [2.05, 4.69) is 47.6 Å². The Morgan fingerprint density at radius 1 is 1.00 bits per heavy atom. The molecule has 0 aliphatic rings. The third kappa shape index (κ3) is 3.43. The van der Waals surface area contributed by atoms with Crippen molar-refractivity contribution in [3.05, 3.63) is 28.8 Å². The van der Waals surface area contributed by atoms with E-state index in [1.807, 2.05) is 6.07 Å². The van der Waals surface area contributed by atoms with E-state index in [4.69, 9.17) is 10.5 Å². The van der Waals surface area contributed by atoms with Crippen LogP contribution in [0.1, 0.15) is 65.2 Å². The maximum atomic E-state index is 11.6. The van der Waals surface area contributed by atoms with Crippen molar-refractivity contribution >= 4 is 5.97 Å². The van der Waals surface area contributed by atoms with Crippen LogP contribution in [-0.2, 0) is 21.2 Å². The number of hydrogen-bond acceptors (Lipinski definition) is 3. The monoisotopic (exact) mass is 307 g/mol. The van der Waals surface area contributed by atoms with Crippen molar-refractivity contribution in [3.8, 4) is 5.75 Å². The van der Waals surface area contributed by atoms with Gasteiger partial charge in [-0.15, -0.1) is 0 Å². The molecule has 1 unspecified atom stereocenters. The topological polar surface area (TPSA) is 72.5 Å². The molecule has 0 spiro atoms. The first kappa shape index (κ1) is 18.5. The lowest BCUT2D eigenvalue weighted by Gasteiger charge is -2.32. The number of ether oxygens (including phenoxy) is 1. The average Bonchev–Trinajstić information content (AvgIpc) is 2.34. The van der Waals surface area contributed by atoms with Gasteiger partial charge in [-0.25, -0.2) is 4.79 Å². The van der Waals surface area contributed by atoms with Gasteiger partial charge < -0.3 is 15.6 Å². The van der Waals surface area contributed by atoms with Crippen molar-refractivity contribution in [3.63, 3.8) is 0 Å². The zero-order chi connectivity index (χ0) is 17.5. The van der Waals surface area contributed by atoms with Gasteiger partial charge in [0.1, 0.15) is 11.3 Å². The Labute approximate surface area is 133 Å². The van der Waals surface area contributed by atoms with Crippen LogP contribution in [0.3, 0.4) is 0 Å². The summed E-state index contributed by atoms with van der Waals surface area (Å²) < 4.78 is 5.56. The van der Waals surface area contributed by atoms with Crippen molar-refractivity contribution < 1.29 is 14.6 Å². The highest BCUT2D eigenvalue weighted by Crippen LogP contribution is 2.41. The van der Waals surface area contributed by atoms with Gasteiger partial charge in [0.05, 0.1) is 7.11 Å². The summed E-state index contributed by atoms with van der Waals surface area (Å²) in [4.78, 5) is 11.6. The molecular formula is C18H29NO3. The second kappa shape index (κ2) is 5.58. The summed E-state index contributed by atoms with van der Waals surface area (Å²) in [5, 5.41) is 9.52. The lowest BCUT2D eigenvalue weighted by atomic mass is 9.76. The van der Waals surface area contributed by atoms with E-state index in [1.165, 1.54) is 6.92 Å². The van der Waals surface area contributed by atoms with E-state index in [9.17, 15) is 9.90 Å². The minimum absolute atomic E-state index is 0.115. The van der Waals surface area contributed by atoms with Crippen molar-refractivity contribution in [1.29, 1.82) is 0 Å². The second-order valence-corrected chi connectivity index (χ2v) is 8.11. The molecule has 4 nitrogen and oxygen atoms in total. The van der Waals surface area contributed by atoms with Gasteiger partial charge in [0.25, 0.3) is 0 Å². The molecule has 0 radical (unpaired) electrons. The fourth-order valence-electron chi connectivity index (χ4n) is 2.34. The van der Waals surface area contributed by atoms with Crippen molar-refractivity contribution in [1.82, 2.24) is 0 Å².